The molecule has 0 bridgehead atoms. The van der Waals surface area contributed by atoms with E-state index in [0.29, 0.717) is 25.6 Å². The van der Waals surface area contributed by atoms with Crippen LogP contribution in [0.2, 0.25) is 0 Å². The third-order valence-electron chi connectivity index (χ3n) is 3.93. The van der Waals surface area contributed by atoms with Crippen molar-refractivity contribution in [2.24, 2.45) is 0 Å². The summed E-state index contributed by atoms with van der Waals surface area (Å²) in [5.74, 6) is 1.07. The normalized spacial score (nSPS) is 13.6. The number of carbonyl (C=O) groups excluding carboxylic acids is 1. The number of ether oxygens (including phenoxy) is 1. The summed E-state index contributed by atoms with van der Waals surface area (Å²) < 4.78 is 5.65. The number of rotatable bonds is 8. The summed E-state index contributed by atoms with van der Waals surface area (Å²) in [5, 5.41) is 0. The Labute approximate surface area is 137 Å². The van der Waals surface area contributed by atoms with E-state index < -0.39 is 0 Å². The first-order valence-electron chi connectivity index (χ1n) is 8.19. The smallest absolute Gasteiger partial charge is 0.223 e. The Balaban J connectivity index is 1.45. The molecular formula is C19H22N2O2. The zero-order valence-corrected chi connectivity index (χ0v) is 13.2. The van der Waals surface area contributed by atoms with Crippen molar-refractivity contribution in [3.05, 3.63) is 60.4 Å². The summed E-state index contributed by atoms with van der Waals surface area (Å²) in [6.45, 7) is 1.23. The zero-order chi connectivity index (χ0) is 15.9. The van der Waals surface area contributed by atoms with Crippen LogP contribution in [-0.2, 0) is 11.3 Å². The molecule has 0 unspecified atom stereocenters. The van der Waals surface area contributed by atoms with Crippen LogP contribution in [0.5, 0.6) is 5.75 Å². The molecule has 4 nitrogen and oxygen atoms in total. The van der Waals surface area contributed by atoms with Crippen molar-refractivity contribution in [2.45, 2.75) is 38.3 Å². The van der Waals surface area contributed by atoms with Crippen LogP contribution in [0.1, 0.15) is 31.2 Å². The highest BCUT2D eigenvalue weighted by Gasteiger charge is 2.32. The van der Waals surface area contributed by atoms with Gasteiger partial charge < -0.3 is 9.64 Å². The largest absolute Gasteiger partial charge is 0.494 e. The van der Waals surface area contributed by atoms with Crippen molar-refractivity contribution in [2.75, 3.05) is 6.61 Å². The van der Waals surface area contributed by atoms with E-state index in [0.717, 1.165) is 30.6 Å². The topological polar surface area (TPSA) is 42.4 Å². The third-order valence-corrected chi connectivity index (χ3v) is 3.93. The summed E-state index contributed by atoms with van der Waals surface area (Å²) in [7, 11) is 0. The number of hydrogen-bond acceptors (Lipinski definition) is 3. The Morgan fingerprint density at radius 3 is 2.70 bits per heavy atom. The van der Waals surface area contributed by atoms with E-state index >= 15 is 0 Å². The number of pyridine rings is 1. The van der Waals surface area contributed by atoms with Crippen molar-refractivity contribution in [1.29, 1.82) is 0 Å². The first-order chi connectivity index (χ1) is 11.3. The molecule has 1 aliphatic rings. The molecule has 1 heterocycles. The Kier molecular flexibility index (Phi) is 5.25. The lowest BCUT2D eigenvalue weighted by molar-refractivity contribution is -0.132. The lowest BCUT2D eigenvalue weighted by Gasteiger charge is -2.22. The third kappa shape index (κ3) is 4.81. The van der Waals surface area contributed by atoms with E-state index in [1.165, 1.54) is 0 Å². The van der Waals surface area contributed by atoms with Crippen LogP contribution >= 0.6 is 0 Å². The molecule has 1 aliphatic carbocycles. The fourth-order valence-electron chi connectivity index (χ4n) is 2.57. The standard InChI is InChI=1S/C19H22N2O2/c22-19(9-5-13-23-18-7-2-1-3-8-18)21(17-10-11-17)15-16-6-4-12-20-14-16/h1-4,6-8,12,14,17H,5,9-11,13,15H2. The Bertz CT molecular complexity index is 612. The number of benzene rings is 1. The molecule has 4 heteroatoms. The lowest BCUT2D eigenvalue weighted by atomic mass is 10.2. The highest BCUT2D eigenvalue weighted by molar-refractivity contribution is 5.76. The van der Waals surface area contributed by atoms with Gasteiger partial charge in [0.25, 0.3) is 0 Å². The first kappa shape index (κ1) is 15.5. The van der Waals surface area contributed by atoms with E-state index in [2.05, 4.69) is 4.98 Å². The van der Waals surface area contributed by atoms with Gasteiger partial charge in [-0.25, -0.2) is 0 Å². The average Bonchev–Trinajstić information content (AvgIpc) is 3.43. The van der Waals surface area contributed by atoms with E-state index in [1.807, 2.05) is 53.6 Å². The van der Waals surface area contributed by atoms with Gasteiger partial charge in [-0.05, 0) is 43.0 Å². The highest BCUT2D eigenvalue weighted by Crippen LogP contribution is 2.29. The molecule has 2 aromatic rings. The first-order valence-corrected chi connectivity index (χ1v) is 8.19. The molecule has 0 aliphatic heterocycles. The molecule has 23 heavy (non-hydrogen) atoms. The van der Waals surface area contributed by atoms with Gasteiger partial charge in [0.05, 0.1) is 6.61 Å². The second-order valence-electron chi connectivity index (χ2n) is 5.88. The van der Waals surface area contributed by atoms with Gasteiger partial charge in [0, 0.05) is 31.4 Å². The predicted octanol–water partition coefficient (Wildman–Crippen LogP) is 3.43. The maximum Gasteiger partial charge on any atom is 0.223 e. The van der Waals surface area contributed by atoms with Crippen LogP contribution in [-0.4, -0.2) is 28.4 Å². The van der Waals surface area contributed by atoms with E-state index in [9.17, 15) is 4.79 Å². The molecule has 1 fully saturated rings. The molecule has 1 amide bonds. The summed E-state index contributed by atoms with van der Waals surface area (Å²) in [5.41, 5.74) is 1.09. The molecule has 0 N–H and O–H groups in total. The van der Waals surface area contributed by atoms with Crippen molar-refractivity contribution in [3.63, 3.8) is 0 Å². The van der Waals surface area contributed by atoms with Crippen LogP contribution < -0.4 is 4.74 Å². The fourth-order valence-corrected chi connectivity index (χ4v) is 2.57. The van der Waals surface area contributed by atoms with Gasteiger partial charge in [-0.3, -0.25) is 9.78 Å². The Hall–Kier alpha value is -2.36. The molecule has 120 valence electrons. The number of amides is 1. The molecule has 1 aromatic heterocycles. The summed E-state index contributed by atoms with van der Waals surface area (Å²) in [6, 6.07) is 14.1. The van der Waals surface area contributed by atoms with Crippen molar-refractivity contribution in [1.82, 2.24) is 9.88 Å². The minimum absolute atomic E-state index is 0.216. The SMILES string of the molecule is O=C(CCCOc1ccccc1)N(Cc1cccnc1)C1CC1. The van der Waals surface area contributed by atoms with Crippen LogP contribution in [0, 0.1) is 0 Å². The summed E-state index contributed by atoms with van der Waals surface area (Å²) in [6.07, 6.45) is 7.10. The monoisotopic (exact) mass is 310 g/mol. The van der Waals surface area contributed by atoms with Gasteiger partial charge in [0.1, 0.15) is 5.75 Å². The van der Waals surface area contributed by atoms with Crippen LogP contribution in [0.15, 0.2) is 54.9 Å². The van der Waals surface area contributed by atoms with Gasteiger partial charge in [0.15, 0.2) is 0 Å². The lowest BCUT2D eigenvalue weighted by Crippen LogP contribution is -2.32. The number of nitrogens with zero attached hydrogens (tertiary/aromatic N) is 2. The minimum atomic E-state index is 0.216. The second-order valence-corrected chi connectivity index (χ2v) is 5.88. The van der Waals surface area contributed by atoms with Gasteiger partial charge in [-0.1, -0.05) is 24.3 Å². The van der Waals surface area contributed by atoms with E-state index in [1.54, 1.807) is 6.20 Å². The Morgan fingerprint density at radius 2 is 2.00 bits per heavy atom. The van der Waals surface area contributed by atoms with Crippen LogP contribution in [0.3, 0.4) is 0 Å². The summed E-state index contributed by atoms with van der Waals surface area (Å²) in [4.78, 5) is 18.6. The van der Waals surface area contributed by atoms with Crippen molar-refractivity contribution >= 4 is 5.91 Å². The molecule has 0 saturated heterocycles. The van der Waals surface area contributed by atoms with Gasteiger partial charge in [-0.15, -0.1) is 0 Å². The maximum absolute atomic E-state index is 12.5. The molecule has 0 atom stereocenters. The molecular weight excluding hydrogens is 288 g/mol. The second kappa shape index (κ2) is 7.77. The van der Waals surface area contributed by atoms with Crippen LogP contribution in [0.4, 0.5) is 0 Å². The zero-order valence-electron chi connectivity index (χ0n) is 13.2. The van der Waals surface area contributed by atoms with E-state index in [-0.39, 0.29) is 5.91 Å². The van der Waals surface area contributed by atoms with Gasteiger partial charge in [-0.2, -0.15) is 0 Å². The predicted molar refractivity (Wildman–Crippen MR) is 89.0 cm³/mol. The van der Waals surface area contributed by atoms with Crippen molar-refractivity contribution in [3.8, 4) is 5.75 Å². The number of hydrogen-bond donors (Lipinski definition) is 0. The highest BCUT2D eigenvalue weighted by atomic mass is 16.5. The molecule has 3 rings (SSSR count). The molecule has 0 spiro atoms. The number of aromatic nitrogens is 1. The van der Waals surface area contributed by atoms with Gasteiger partial charge >= 0.3 is 0 Å². The molecule has 1 saturated carbocycles. The Morgan fingerprint density at radius 1 is 1.17 bits per heavy atom. The number of carbonyl (C=O) groups is 1. The minimum Gasteiger partial charge on any atom is -0.494 e. The van der Waals surface area contributed by atoms with Gasteiger partial charge in [0.2, 0.25) is 5.91 Å². The molecule has 1 aromatic carbocycles. The molecule has 0 radical (unpaired) electrons. The quantitative estimate of drug-likeness (QED) is 0.702. The summed E-state index contributed by atoms with van der Waals surface area (Å²) >= 11 is 0. The van der Waals surface area contributed by atoms with Crippen molar-refractivity contribution < 1.29 is 9.53 Å². The average molecular weight is 310 g/mol. The van der Waals surface area contributed by atoms with Crippen LogP contribution in [0.25, 0.3) is 0 Å². The fraction of sp³-hybridized carbons (Fsp3) is 0.368. The number of para-hydroxylation sites is 1. The maximum atomic E-state index is 12.5. The van der Waals surface area contributed by atoms with E-state index in [4.69, 9.17) is 4.74 Å².